The molecule has 1 saturated heterocycles. The minimum atomic E-state index is -0.972. The van der Waals surface area contributed by atoms with Crippen LogP contribution in [0.15, 0.2) is 65.3 Å². The van der Waals surface area contributed by atoms with Gasteiger partial charge >= 0.3 is 0 Å². The first-order chi connectivity index (χ1) is 18.5. The lowest BCUT2D eigenvalue weighted by atomic mass is 9.72. The molecule has 4 aromatic rings. The van der Waals surface area contributed by atoms with E-state index in [1.54, 1.807) is 27.5 Å². The van der Waals surface area contributed by atoms with Crippen molar-refractivity contribution in [3.8, 4) is 5.75 Å². The Bertz CT molecular complexity index is 1560. The molecule has 0 radical (unpaired) electrons. The Morgan fingerprint density at radius 2 is 2.00 bits per heavy atom. The maximum absolute atomic E-state index is 14.6. The van der Waals surface area contributed by atoms with Gasteiger partial charge in [0.25, 0.3) is 5.91 Å². The number of hydrogen-bond acceptors (Lipinski definition) is 7. The molecule has 2 aromatic carbocycles. The summed E-state index contributed by atoms with van der Waals surface area (Å²) >= 11 is 0. The van der Waals surface area contributed by atoms with E-state index in [0.29, 0.717) is 49.9 Å². The van der Waals surface area contributed by atoms with Crippen LogP contribution in [0.4, 0.5) is 5.69 Å². The third-order valence-electron chi connectivity index (χ3n) is 7.82. The average Bonchev–Trinajstić information content (AvgIpc) is 3.71. The molecule has 10 heteroatoms. The predicted molar refractivity (Wildman–Crippen MR) is 136 cm³/mol. The lowest BCUT2D eigenvalue weighted by Crippen LogP contribution is -2.45. The number of likely N-dealkylation sites (tertiary alicyclic amines) is 1. The highest BCUT2D eigenvalue weighted by Crippen LogP contribution is 2.57. The lowest BCUT2D eigenvalue weighted by molar-refractivity contribution is -0.124. The van der Waals surface area contributed by atoms with Crippen LogP contribution in [0.25, 0.3) is 0 Å². The summed E-state index contributed by atoms with van der Waals surface area (Å²) < 4.78 is 13.1. The standard InChI is InChI=1S/C28H26N6O4/c1-18-14-23(30-38-18)26(35)33-12-10-28-22-8-2-3-9-24(22)34(27(28)36)17-20-16-32(31-29-20)11-5-13-37-21-7-4-6-19(15-21)25(28)33/h2-4,6-9,14-16,25H,5,10-13,17H2,1H3/t25-,28+/m0/s1. The number of aryl methyl sites for hydroxylation is 2. The maximum Gasteiger partial charge on any atom is 0.276 e. The summed E-state index contributed by atoms with van der Waals surface area (Å²) in [5.41, 5.74) is 2.56. The quantitative estimate of drug-likeness (QED) is 0.386. The fraction of sp³-hybridized carbons (Fsp3) is 0.321. The van der Waals surface area contributed by atoms with E-state index in [2.05, 4.69) is 15.5 Å². The molecule has 1 spiro atoms. The van der Waals surface area contributed by atoms with Gasteiger partial charge < -0.3 is 19.1 Å². The molecule has 0 saturated carbocycles. The smallest absolute Gasteiger partial charge is 0.276 e. The van der Waals surface area contributed by atoms with Crippen molar-refractivity contribution >= 4 is 17.5 Å². The van der Waals surface area contributed by atoms with Gasteiger partial charge in [-0.2, -0.15) is 0 Å². The van der Waals surface area contributed by atoms with Crippen molar-refractivity contribution in [2.75, 3.05) is 18.1 Å². The second-order valence-corrected chi connectivity index (χ2v) is 10.1. The summed E-state index contributed by atoms with van der Waals surface area (Å²) in [4.78, 5) is 32.0. The van der Waals surface area contributed by atoms with Crippen LogP contribution in [0, 0.1) is 6.92 Å². The summed E-state index contributed by atoms with van der Waals surface area (Å²) in [6, 6.07) is 16.7. The molecule has 6 bridgehead atoms. The number of hydrogen-bond donors (Lipinski definition) is 0. The van der Waals surface area contributed by atoms with Gasteiger partial charge in [0.05, 0.1) is 25.4 Å². The Balaban J connectivity index is 1.42. The van der Waals surface area contributed by atoms with Gasteiger partial charge in [-0.05, 0) is 42.7 Å². The topological polar surface area (TPSA) is 107 Å². The van der Waals surface area contributed by atoms with Crippen LogP contribution in [0.2, 0.25) is 0 Å². The number of para-hydroxylation sites is 1. The fourth-order valence-electron chi connectivity index (χ4n) is 6.21. The lowest BCUT2D eigenvalue weighted by Gasteiger charge is -2.35. The Morgan fingerprint density at radius 3 is 2.87 bits per heavy atom. The average molecular weight is 511 g/mol. The summed E-state index contributed by atoms with van der Waals surface area (Å²) in [6.07, 6.45) is 3.11. The maximum atomic E-state index is 14.6. The zero-order chi connectivity index (χ0) is 25.9. The number of ether oxygens (including phenoxy) is 1. The number of benzene rings is 2. The second kappa shape index (κ2) is 8.54. The van der Waals surface area contributed by atoms with Crippen LogP contribution in [-0.4, -0.2) is 50.0 Å². The molecule has 2 atom stereocenters. The zero-order valence-corrected chi connectivity index (χ0v) is 20.9. The largest absolute Gasteiger partial charge is 0.494 e. The van der Waals surface area contributed by atoms with Crippen LogP contribution in [0.5, 0.6) is 5.75 Å². The third kappa shape index (κ3) is 3.36. The number of fused-ring (bicyclic) bond motifs is 8. The van der Waals surface area contributed by atoms with Gasteiger partial charge in [0.15, 0.2) is 5.69 Å². The van der Waals surface area contributed by atoms with Gasteiger partial charge in [-0.3, -0.25) is 14.3 Å². The van der Waals surface area contributed by atoms with Crippen molar-refractivity contribution < 1.29 is 18.8 Å². The summed E-state index contributed by atoms with van der Waals surface area (Å²) in [5, 5.41) is 12.6. The molecule has 3 aliphatic heterocycles. The Hall–Kier alpha value is -4.47. The Labute approximate surface area is 218 Å². The van der Waals surface area contributed by atoms with Gasteiger partial charge in [0.2, 0.25) is 5.91 Å². The van der Waals surface area contributed by atoms with Crippen LogP contribution in [0.1, 0.15) is 52.0 Å². The van der Waals surface area contributed by atoms with E-state index in [-0.39, 0.29) is 17.5 Å². The third-order valence-corrected chi connectivity index (χ3v) is 7.82. The fourth-order valence-corrected chi connectivity index (χ4v) is 6.21. The minimum Gasteiger partial charge on any atom is -0.494 e. The molecular weight excluding hydrogens is 484 g/mol. The van der Waals surface area contributed by atoms with Crippen LogP contribution >= 0.6 is 0 Å². The highest BCUT2D eigenvalue weighted by Gasteiger charge is 2.61. The first-order valence-electron chi connectivity index (χ1n) is 12.8. The number of aromatic nitrogens is 4. The summed E-state index contributed by atoms with van der Waals surface area (Å²) in [6.45, 7) is 3.61. The molecule has 0 unspecified atom stereocenters. The highest BCUT2D eigenvalue weighted by molar-refractivity contribution is 6.09. The van der Waals surface area contributed by atoms with E-state index in [1.807, 2.05) is 54.7 Å². The number of amides is 2. The molecule has 0 N–H and O–H groups in total. The van der Waals surface area contributed by atoms with Crippen molar-refractivity contribution in [1.29, 1.82) is 0 Å². The van der Waals surface area contributed by atoms with Crippen molar-refractivity contribution in [3.63, 3.8) is 0 Å². The summed E-state index contributed by atoms with van der Waals surface area (Å²) in [5.74, 6) is 0.936. The number of carbonyl (C=O) groups excluding carboxylic acids is 2. The van der Waals surface area contributed by atoms with Crippen molar-refractivity contribution in [3.05, 3.63) is 89.1 Å². The van der Waals surface area contributed by atoms with Gasteiger partial charge in [-0.1, -0.05) is 40.7 Å². The molecule has 1 fully saturated rings. The molecule has 2 amide bonds. The van der Waals surface area contributed by atoms with E-state index in [4.69, 9.17) is 9.26 Å². The van der Waals surface area contributed by atoms with Crippen molar-refractivity contribution in [2.45, 2.75) is 44.3 Å². The molecule has 38 heavy (non-hydrogen) atoms. The molecule has 0 aliphatic carbocycles. The normalized spacial score (nSPS) is 22.3. The van der Waals surface area contributed by atoms with Gasteiger partial charge in [-0.15, -0.1) is 5.10 Å². The van der Waals surface area contributed by atoms with Gasteiger partial charge in [-0.25, -0.2) is 0 Å². The Kier molecular flexibility index (Phi) is 5.10. The van der Waals surface area contributed by atoms with Crippen LogP contribution in [0.3, 0.4) is 0 Å². The van der Waals surface area contributed by atoms with Gasteiger partial charge in [0.1, 0.15) is 22.6 Å². The van der Waals surface area contributed by atoms with Crippen molar-refractivity contribution in [2.24, 2.45) is 0 Å². The number of carbonyl (C=O) groups is 2. The SMILES string of the molecule is Cc1cc(C(=O)N2CC[C@]34C(=O)N(Cc5cn(nn5)CCCOc5cccc(c5)[C@H]23)c2ccccc24)no1. The van der Waals surface area contributed by atoms with Gasteiger partial charge in [0, 0.05) is 31.3 Å². The van der Waals surface area contributed by atoms with E-state index >= 15 is 0 Å². The first kappa shape index (κ1) is 22.7. The van der Waals surface area contributed by atoms with E-state index < -0.39 is 11.5 Å². The predicted octanol–water partition coefficient (Wildman–Crippen LogP) is 3.43. The molecule has 5 heterocycles. The van der Waals surface area contributed by atoms with Crippen LogP contribution < -0.4 is 9.64 Å². The first-order valence-corrected chi connectivity index (χ1v) is 12.8. The highest BCUT2D eigenvalue weighted by atomic mass is 16.5. The monoisotopic (exact) mass is 510 g/mol. The van der Waals surface area contributed by atoms with E-state index in [1.165, 1.54) is 0 Å². The number of rotatable bonds is 1. The van der Waals surface area contributed by atoms with E-state index in [9.17, 15) is 9.59 Å². The van der Waals surface area contributed by atoms with Crippen LogP contribution in [-0.2, 0) is 23.3 Å². The minimum absolute atomic E-state index is 0.0499. The van der Waals surface area contributed by atoms with E-state index in [0.717, 1.165) is 23.2 Å². The zero-order valence-electron chi connectivity index (χ0n) is 20.9. The summed E-state index contributed by atoms with van der Waals surface area (Å²) in [7, 11) is 0. The Morgan fingerprint density at radius 1 is 1.11 bits per heavy atom. The molecule has 7 rings (SSSR count). The van der Waals surface area contributed by atoms with Crippen molar-refractivity contribution in [1.82, 2.24) is 25.1 Å². The molecule has 10 nitrogen and oxygen atoms in total. The second-order valence-electron chi connectivity index (χ2n) is 10.1. The molecule has 3 aliphatic rings. The number of anilines is 1. The number of nitrogens with zero attached hydrogens (tertiary/aromatic N) is 6. The molecule has 2 aromatic heterocycles. The molecular formula is C28H26N6O4. The molecule has 192 valence electrons.